The Morgan fingerprint density at radius 2 is 2.00 bits per heavy atom. The van der Waals surface area contributed by atoms with Gasteiger partial charge in [0.1, 0.15) is 0 Å². The molecule has 0 saturated heterocycles. The van der Waals surface area contributed by atoms with Crippen LogP contribution in [0.1, 0.15) is 23.7 Å². The average molecular weight is 242 g/mol. The lowest BCUT2D eigenvalue weighted by molar-refractivity contribution is 0.100. The fourth-order valence-electron chi connectivity index (χ4n) is 1.27. The van der Waals surface area contributed by atoms with Gasteiger partial charge in [0, 0.05) is 0 Å². The van der Waals surface area contributed by atoms with E-state index in [2.05, 4.69) is 4.72 Å². The number of amides is 1. The van der Waals surface area contributed by atoms with Crippen LogP contribution >= 0.6 is 0 Å². The van der Waals surface area contributed by atoms with E-state index in [0.717, 1.165) is 0 Å². The highest BCUT2D eigenvalue weighted by molar-refractivity contribution is 7.92. The third-order valence-electron chi connectivity index (χ3n) is 1.93. The number of nitrogens with one attached hydrogen (secondary N) is 1. The largest absolute Gasteiger partial charge is 0.366 e. The van der Waals surface area contributed by atoms with E-state index >= 15 is 0 Å². The SMILES string of the molecule is CCCS(=O)(=O)Nc1ccccc1C(N)=O. The van der Waals surface area contributed by atoms with Crippen LogP contribution in [-0.2, 0) is 10.0 Å². The van der Waals surface area contributed by atoms with Gasteiger partial charge in [-0.15, -0.1) is 0 Å². The minimum absolute atomic E-state index is 0.0140. The van der Waals surface area contributed by atoms with Gasteiger partial charge in [0.25, 0.3) is 5.91 Å². The van der Waals surface area contributed by atoms with Crippen molar-refractivity contribution >= 4 is 21.6 Å². The van der Waals surface area contributed by atoms with Crippen LogP contribution in [0.5, 0.6) is 0 Å². The maximum Gasteiger partial charge on any atom is 0.250 e. The average Bonchev–Trinajstić information content (AvgIpc) is 2.17. The predicted octanol–water partition coefficient (Wildman–Crippen LogP) is 0.937. The monoisotopic (exact) mass is 242 g/mol. The number of para-hydroxylation sites is 1. The van der Waals surface area contributed by atoms with E-state index in [1.54, 1.807) is 19.1 Å². The van der Waals surface area contributed by atoms with Crippen molar-refractivity contribution in [2.24, 2.45) is 5.73 Å². The molecule has 6 heteroatoms. The van der Waals surface area contributed by atoms with Gasteiger partial charge in [-0.3, -0.25) is 9.52 Å². The number of benzene rings is 1. The molecule has 0 aliphatic carbocycles. The molecule has 1 rings (SSSR count). The first-order valence-electron chi connectivity index (χ1n) is 4.85. The molecule has 1 aromatic rings. The first kappa shape index (κ1) is 12.5. The molecule has 0 bridgehead atoms. The van der Waals surface area contributed by atoms with Gasteiger partial charge in [-0.25, -0.2) is 8.42 Å². The van der Waals surface area contributed by atoms with Gasteiger partial charge in [0.15, 0.2) is 0 Å². The van der Waals surface area contributed by atoms with Crippen LogP contribution in [0.25, 0.3) is 0 Å². The number of sulfonamides is 1. The Morgan fingerprint density at radius 3 is 2.56 bits per heavy atom. The minimum atomic E-state index is -3.40. The summed E-state index contributed by atoms with van der Waals surface area (Å²) in [5.74, 6) is -0.644. The number of carbonyl (C=O) groups excluding carboxylic acids is 1. The summed E-state index contributed by atoms with van der Waals surface area (Å²) in [4.78, 5) is 11.1. The number of carbonyl (C=O) groups is 1. The van der Waals surface area contributed by atoms with E-state index in [4.69, 9.17) is 5.73 Å². The number of hydrogen-bond acceptors (Lipinski definition) is 3. The van der Waals surface area contributed by atoms with Crippen LogP contribution in [0.3, 0.4) is 0 Å². The molecule has 88 valence electrons. The first-order valence-corrected chi connectivity index (χ1v) is 6.51. The van der Waals surface area contributed by atoms with Crippen molar-refractivity contribution < 1.29 is 13.2 Å². The van der Waals surface area contributed by atoms with Crippen LogP contribution in [0, 0.1) is 0 Å². The topological polar surface area (TPSA) is 89.3 Å². The van der Waals surface area contributed by atoms with Gasteiger partial charge < -0.3 is 5.73 Å². The summed E-state index contributed by atoms with van der Waals surface area (Å²) in [6.07, 6.45) is 0.508. The number of rotatable bonds is 5. The van der Waals surface area contributed by atoms with Crippen molar-refractivity contribution in [3.63, 3.8) is 0 Å². The van der Waals surface area contributed by atoms with Crippen LogP contribution in [0.4, 0.5) is 5.69 Å². The van der Waals surface area contributed by atoms with Gasteiger partial charge in [-0.2, -0.15) is 0 Å². The van der Waals surface area contributed by atoms with E-state index in [9.17, 15) is 13.2 Å². The smallest absolute Gasteiger partial charge is 0.250 e. The summed E-state index contributed by atoms with van der Waals surface area (Å²) in [5, 5.41) is 0. The number of hydrogen-bond donors (Lipinski definition) is 2. The summed E-state index contributed by atoms with van der Waals surface area (Å²) in [7, 11) is -3.40. The zero-order chi connectivity index (χ0) is 12.2. The van der Waals surface area contributed by atoms with Crippen molar-refractivity contribution in [1.82, 2.24) is 0 Å². The van der Waals surface area contributed by atoms with Gasteiger partial charge in [0.2, 0.25) is 10.0 Å². The highest BCUT2D eigenvalue weighted by Gasteiger charge is 2.13. The van der Waals surface area contributed by atoms with Gasteiger partial charge >= 0.3 is 0 Å². The van der Waals surface area contributed by atoms with E-state index in [1.165, 1.54) is 12.1 Å². The van der Waals surface area contributed by atoms with Gasteiger partial charge in [-0.05, 0) is 18.6 Å². The molecular formula is C10H14N2O3S. The normalized spacial score (nSPS) is 11.1. The number of primary amides is 1. The molecule has 0 atom stereocenters. The lowest BCUT2D eigenvalue weighted by Crippen LogP contribution is -2.20. The molecule has 0 saturated carbocycles. The maximum absolute atomic E-state index is 11.5. The van der Waals surface area contributed by atoms with E-state index in [1.807, 2.05) is 0 Å². The van der Waals surface area contributed by atoms with E-state index < -0.39 is 15.9 Å². The molecule has 0 fully saturated rings. The predicted molar refractivity (Wildman–Crippen MR) is 62.7 cm³/mol. The molecule has 0 aromatic heterocycles. The third kappa shape index (κ3) is 3.23. The Balaban J connectivity index is 3.02. The van der Waals surface area contributed by atoms with Crippen molar-refractivity contribution in [3.8, 4) is 0 Å². The molecule has 1 aromatic carbocycles. The van der Waals surface area contributed by atoms with Crippen molar-refractivity contribution in [2.75, 3.05) is 10.5 Å². The molecule has 16 heavy (non-hydrogen) atoms. The van der Waals surface area contributed by atoms with Crippen molar-refractivity contribution in [3.05, 3.63) is 29.8 Å². The Morgan fingerprint density at radius 1 is 1.38 bits per heavy atom. The summed E-state index contributed by atoms with van der Waals surface area (Å²) >= 11 is 0. The Bertz CT molecular complexity index is 483. The Labute approximate surface area is 94.7 Å². The highest BCUT2D eigenvalue weighted by atomic mass is 32.2. The first-order chi connectivity index (χ1) is 7.46. The second kappa shape index (κ2) is 4.98. The van der Waals surface area contributed by atoms with Gasteiger partial charge in [0.05, 0.1) is 17.0 Å². The molecule has 5 nitrogen and oxygen atoms in total. The standard InChI is InChI=1S/C10H14N2O3S/c1-2-7-16(14,15)12-9-6-4-3-5-8(9)10(11)13/h3-6,12H,2,7H2,1H3,(H2,11,13). The van der Waals surface area contributed by atoms with E-state index in [0.29, 0.717) is 6.42 Å². The lowest BCUT2D eigenvalue weighted by atomic mass is 10.2. The Kier molecular flexibility index (Phi) is 3.89. The zero-order valence-corrected chi connectivity index (χ0v) is 9.75. The minimum Gasteiger partial charge on any atom is -0.366 e. The fraction of sp³-hybridized carbons (Fsp3) is 0.300. The summed E-state index contributed by atoms with van der Waals surface area (Å²) < 4.78 is 25.4. The number of anilines is 1. The van der Waals surface area contributed by atoms with Crippen molar-refractivity contribution in [1.29, 1.82) is 0 Å². The van der Waals surface area contributed by atoms with Crippen LogP contribution in [0.15, 0.2) is 24.3 Å². The summed E-state index contributed by atoms with van der Waals surface area (Å²) in [6, 6.07) is 6.24. The lowest BCUT2D eigenvalue weighted by Gasteiger charge is -2.09. The molecule has 3 N–H and O–H groups in total. The fourth-order valence-corrected chi connectivity index (χ4v) is 2.43. The van der Waals surface area contributed by atoms with Crippen LogP contribution in [-0.4, -0.2) is 20.1 Å². The molecular weight excluding hydrogens is 228 g/mol. The van der Waals surface area contributed by atoms with E-state index in [-0.39, 0.29) is 17.0 Å². The molecule has 0 heterocycles. The molecule has 0 aliphatic rings. The molecule has 0 spiro atoms. The second-order valence-corrected chi connectivity index (χ2v) is 5.17. The third-order valence-corrected chi connectivity index (χ3v) is 3.41. The maximum atomic E-state index is 11.5. The molecule has 0 unspecified atom stereocenters. The summed E-state index contributed by atoms with van der Waals surface area (Å²) in [6.45, 7) is 1.76. The summed E-state index contributed by atoms with van der Waals surface area (Å²) in [5.41, 5.74) is 5.53. The number of nitrogens with two attached hydrogens (primary N) is 1. The highest BCUT2D eigenvalue weighted by Crippen LogP contribution is 2.16. The van der Waals surface area contributed by atoms with Crippen molar-refractivity contribution in [2.45, 2.75) is 13.3 Å². The molecule has 0 aliphatic heterocycles. The van der Waals surface area contributed by atoms with Gasteiger partial charge in [-0.1, -0.05) is 19.1 Å². The Hall–Kier alpha value is -1.56. The quantitative estimate of drug-likeness (QED) is 0.805. The molecule has 0 radical (unpaired) electrons. The van der Waals surface area contributed by atoms with Crippen LogP contribution in [0.2, 0.25) is 0 Å². The second-order valence-electron chi connectivity index (χ2n) is 3.33. The van der Waals surface area contributed by atoms with Crippen LogP contribution < -0.4 is 10.5 Å². The molecule has 1 amide bonds. The zero-order valence-electron chi connectivity index (χ0n) is 8.93.